The van der Waals surface area contributed by atoms with Gasteiger partial charge in [-0.3, -0.25) is 0 Å². The molecule has 76 valence electrons. The molecule has 4 heteroatoms. The lowest BCUT2D eigenvalue weighted by Gasteiger charge is -2.07. The Bertz CT molecular complexity index is 361. The van der Waals surface area contributed by atoms with Gasteiger partial charge in [0.05, 0.1) is 17.7 Å². The van der Waals surface area contributed by atoms with E-state index in [4.69, 9.17) is 23.2 Å². The van der Waals surface area contributed by atoms with Crippen LogP contribution in [0, 0.1) is 6.92 Å². The number of rotatable bonds is 2. The first-order valence-electron chi connectivity index (χ1n) is 4.03. The Labute approximate surface area is 92.8 Å². The number of hydrogen-bond donors (Lipinski definition) is 0. The van der Waals surface area contributed by atoms with Crippen molar-refractivity contribution in [3.8, 4) is 0 Å². The molecule has 1 aromatic rings. The number of methoxy groups -OCH3 is 1. The highest BCUT2D eigenvalue weighted by Crippen LogP contribution is 2.23. The van der Waals surface area contributed by atoms with Gasteiger partial charge in [-0.1, -0.05) is 11.6 Å². The lowest BCUT2D eigenvalue weighted by atomic mass is 10.1. The van der Waals surface area contributed by atoms with E-state index in [0.29, 0.717) is 16.5 Å². The molecule has 0 saturated heterocycles. The predicted octanol–water partition coefficient (Wildman–Crippen LogP) is 3.17. The van der Waals surface area contributed by atoms with Gasteiger partial charge >= 0.3 is 5.97 Å². The van der Waals surface area contributed by atoms with Crippen LogP contribution in [0.1, 0.15) is 21.5 Å². The first kappa shape index (κ1) is 11.3. The summed E-state index contributed by atoms with van der Waals surface area (Å²) in [5.74, 6) is -0.0493. The van der Waals surface area contributed by atoms with Crippen LogP contribution in [0.15, 0.2) is 12.1 Å². The summed E-state index contributed by atoms with van der Waals surface area (Å²) >= 11 is 11.6. The van der Waals surface area contributed by atoms with E-state index in [2.05, 4.69) is 4.74 Å². The fourth-order valence-electron chi connectivity index (χ4n) is 1.13. The number of benzene rings is 1. The molecule has 2 nitrogen and oxygen atoms in total. The molecule has 0 aliphatic heterocycles. The summed E-state index contributed by atoms with van der Waals surface area (Å²) in [5.41, 5.74) is 2.23. The van der Waals surface area contributed by atoms with Crippen molar-refractivity contribution in [2.75, 3.05) is 7.11 Å². The number of esters is 1. The molecule has 0 aromatic heterocycles. The van der Waals surface area contributed by atoms with Gasteiger partial charge in [0.25, 0.3) is 0 Å². The van der Waals surface area contributed by atoms with Gasteiger partial charge in [-0.2, -0.15) is 0 Å². The number of carbonyl (C=O) groups is 1. The van der Waals surface area contributed by atoms with Crippen molar-refractivity contribution in [1.82, 2.24) is 0 Å². The molecule has 0 amide bonds. The molecule has 0 saturated carbocycles. The average molecular weight is 233 g/mol. The highest BCUT2D eigenvalue weighted by Gasteiger charge is 2.12. The zero-order valence-electron chi connectivity index (χ0n) is 7.93. The van der Waals surface area contributed by atoms with Crippen molar-refractivity contribution in [2.24, 2.45) is 0 Å². The van der Waals surface area contributed by atoms with Gasteiger partial charge in [-0.25, -0.2) is 4.79 Å². The molecule has 0 aliphatic rings. The lowest BCUT2D eigenvalue weighted by Crippen LogP contribution is -2.03. The Morgan fingerprint density at radius 1 is 1.50 bits per heavy atom. The van der Waals surface area contributed by atoms with Crippen LogP contribution in [0.5, 0.6) is 0 Å². The average Bonchev–Trinajstić information content (AvgIpc) is 2.19. The van der Waals surface area contributed by atoms with Crippen molar-refractivity contribution < 1.29 is 9.53 Å². The van der Waals surface area contributed by atoms with Gasteiger partial charge in [0.15, 0.2) is 0 Å². The van der Waals surface area contributed by atoms with Crippen LogP contribution in [0.4, 0.5) is 0 Å². The number of carbonyl (C=O) groups excluding carboxylic acids is 1. The van der Waals surface area contributed by atoms with Gasteiger partial charge in [-0.05, 0) is 30.2 Å². The summed E-state index contributed by atoms with van der Waals surface area (Å²) in [5, 5.41) is 0.373. The SMILES string of the molecule is COC(=O)c1cc(C)c(CCl)cc1Cl. The smallest absolute Gasteiger partial charge is 0.339 e. The van der Waals surface area contributed by atoms with E-state index in [1.165, 1.54) is 7.11 Å². The second kappa shape index (κ2) is 4.67. The Balaban J connectivity index is 3.21. The minimum Gasteiger partial charge on any atom is -0.465 e. The molecule has 1 aromatic carbocycles. The summed E-state index contributed by atoms with van der Waals surface area (Å²) in [4.78, 5) is 11.2. The summed E-state index contributed by atoms with van der Waals surface area (Å²) in [6.45, 7) is 1.88. The van der Waals surface area contributed by atoms with E-state index in [1.54, 1.807) is 12.1 Å². The molecule has 0 spiro atoms. The summed E-state index contributed by atoms with van der Waals surface area (Å²) in [7, 11) is 1.32. The third kappa shape index (κ3) is 2.20. The Morgan fingerprint density at radius 2 is 2.14 bits per heavy atom. The Kier molecular flexibility index (Phi) is 3.78. The van der Waals surface area contributed by atoms with Crippen LogP contribution in [-0.4, -0.2) is 13.1 Å². The van der Waals surface area contributed by atoms with E-state index in [1.807, 2.05) is 6.92 Å². The minimum absolute atomic E-state index is 0.373. The quantitative estimate of drug-likeness (QED) is 0.579. The first-order valence-corrected chi connectivity index (χ1v) is 4.94. The molecule has 0 N–H and O–H groups in total. The molecule has 1 rings (SSSR count). The molecule has 0 aliphatic carbocycles. The van der Waals surface area contributed by atoms with Crippen LogP contribution >= 0.6 is 23.2 Å². The third-order valence-corrected chi connectivity index (χ3v) is 2.58. The second-order valence-corrected chi connectivity index (χ2v) is 3.56. The zero-order chi connectivity index (χ0) is 10.7. The van der Waals surface area contributed by atoms with E-state index >= 15 is 0 Å². The van der Waals surface area contributed by atoms with Crippen LogP contribution in [-0.2, 0) is 10.6 Å². The van der Waals surface area contributed by atoms with Crippen LogP contribution in [0.2, 0.25) is 5.02 Å². The van der Waals surface area contributed by atoms with Gasteiger partial charge < -0.3 is 4.74 Å². The molecule has 0 radical (unpaired) electrons. The number of alkyl halides is 1. The summed E-state index contributed by atoms with van der Waals surface area (Å²) in [6, 6.07) is 3.38. The molecule has 0 unspecified atom stereocenters. The van der Waals surface area contributed by atoms with Crippen molar-refractivity contribution in [1.29, 1.82) is 0 Å². The molecular formula is C10H10Cl2O2. The number of halogens is 2. The van der Waals surface area contributed by atoms with E-state index < -0.39 is 5.97 Å². The van der Waals surface area contributed by atoms with E-state index in [9.17, 15) is 4.79 Å². The molecule has 0 fully saturated rings. The molecule has 0 heterocycles. The standard InChI is InChI=1S/C10H10Cl2O2/c1-6-3-8(10(13)14-2)9(12)4-7(6)5-11/h3-4H,5H2,1-2H3. The summed E-state index contributed by atoms with van der Waals surface area (Å²) in [6.07, 6.45) is 0. The van der Waals surface area contributed by atoms with E-state index in [0.717, 1.165) is 11.1 Å². The molecule has 0 atom stereocenters. The van der Waals surface area contributed by atoms with Crippen molar-refractivity contribution in [3.63, 3.8) is 0 Å². The maximum absolute atomic E-state index is 11.2. The van der Waals surface area contributed by atoms with Crippen LogP contribution < -0.4 is 0 Å². The topological polar surface area (TPSA) is 26.3 Å². The molecular weight excluding hydrogens is 223 g/mol. The minimum atomic E-state index is -0.431. The third-order valence-electron chi connectivity index (χ3n) is 1.97. The number of ether oxygens (including phenoxy) is 1. The predicted molar refractivity (Wildman–Crippen MR) is 57.1 cm³/mol. The largest absolute Gasteiger partial charge is 0.465 e. The van der Waals surface area contributed by atoms with Gasteiger partial charge in [0.2, 0.25) is 0 Å². The summed E-state index contributed by atoms with van der Waals surface area (Å²) < 4.78 is 4.59. The monoisotopic (exact) mass is 232 g/mol. The van der Waals surface area contributed by atoms with Gasteiger partial charge in [0.1, 0.15) is 0 Å². The second-order valence-electron chi connectivity index (χ2n) is 2.88. The zero-order valence-corrected chi connectivity index (χ0v) is 9.45. The lowest BCUT2D eigenvalue weighted by molar-refractivity contribution is 0.0601. The number of aryl methyl sites for hydroxylation is 1. The first-order chi connectivity index (χ1) is 6.60. The highest BCUT2D eigenvalue weighted by atomic mass is 35.5. The van der Waals surface area contributed by atoms with E-state index in [-0.39, 0.29) is 0 Å². The maximum Gasteiger partial charge on any atom is 0.339 e. The fraction of sp³-hybridized carbons (Fsp3) is 0.300. The van der Waals surface area contributed by atoms with Gasteiger partial charge in [-0.15, -0.1) is 11.6 Å². The van der Waals surface area contributed by atoms with Crippen molar-refractivity contribution in [2.45, 2.75) is 12.8 Å². The van der Waals surface area contributed by atoms with Crippen molar-refractivity contribution in [3.05, 3.63) is 33.8 Å². The van der Waals surface area contributed by atoms with Crippen LogP contribution in [0.3, 0.4) is 0 Å². The highest BCUT2D eigenvalue weighted by molar-refractivity contribution is 6.33. The molecule has 14 heavy (non-hydrogen) atoms. The molecule has 0 bridgehead atoms. The van der Waals surface area contributed by atoms with Crippen LogP contribution in [0.25, 0.3) is 0 Å². The normalized spacial score (nSPS) is 10.0. The van der Waals surface area contributed by atoms with Crippen molar-refractivity contribution >= 4 is 29.2 Å². The number of hydrogen-bond acceptors (Lipinski definition) is 2. The Hall–Kier alpha value is -0.730. The Morgan fingerprint density at radius 3 is 2.64 bits per heavy atom. The van der Waals surface area contributed by atoms with Gasteiger partial charge in [0, 0.05) is 5.88 Å². The fourth-order valence-corrected chi connectivity index (χ4v) is 1.68. The maximum atomic E-state index is 11.2.